The summed E-state index contributed by atoms with van der Waals surface area (Å²) in [6, 6.07) is 6.63. The lowest BCUT2D eigenvalue weighted by atomic mass is 10.1. The Kier molecular flexibility index (Phi) is 6.78. The van der Waals surface area contributed by atoms with E-state index in [1.807, 2.05) is 6.92 Å². The Morgan fingerprint density at radius 3 is 2.76 bits per heavy atom. The molecule has 0 saturated heterocycles. The number of halogens is 1. The summed E-state index contributed by atoms with van der Waals surface area (Å²) in [6.45, 7) is 2.25. The Bertz CT molecular complexity index is 685. The summed E-state index contributed by atoms with van der Waals surface area (Å²) in [5.41, 5.74) is 6.48. The van der Waals surface area contributed by atoms with Gasteiger partial charge in [0.15, 0.2) is 6.61 Å². The molecule has 136 valence electrons. The fourth-order valence-corrected chi connectivity index (χ4v) is 2.28. The minimum absolute atomic E-state index is 0. The first kappa shape index (κ1) is 19.2. The number of carbonyl (C=O) groups excluding carboxylic acids is 1. The summed E-state index contributed by atoms with van der Waals surface area (Å²) in [6.07, 6.45) is 3.79. The van der Waals surface area contributed by atoms with Crippen LogP contribution in [0.3, 0.4) is 0 Å². The van der Waals surface area contributed by atoms with Crippen LogP contribution in [0.1, 0.15) is 50.2 Å². The smallest absolute Gasteiger partial charge is 0.241 e. The fraction of sp³-hybridized carbons (Fsp3) is 0.471. The second-order valence-corrected chi connectivity index (χ2v) is 6.02. The first-order valence-corrected chi connectivity index (χ1v) is 8.27. The quantitative estimate of drug-likeness (QED) is 0.744. The molecule has 1 atom stereocenters. The number of ether oxygens (including phenoxy) is 1. The number of nitrogens with zero attached hydrogens (tertiary/aromatic N) is 2. The van der Waals surface area contributed by atoms with Gasteiger partial charge in [-0.25, -0.2) is 0 Å². The van der Waals surface area contributed by atoms with Crippen molar-refractivity contribution < 1.29 is 14.1 Å². The zero-order valence-electron chi connectivity index (χ0n) is 14.1. The monoisotopic (exact) mass is 366 g/mol. The van der Waals surface area contributed by atoms with E-state index in [1.165, 1.54) is 0 Å². The van der Waals surface area contributed by atoms with Gasteiger partial charge in [0.05, 0.1) is 6.04 Å². The average molecular weight is 367 g/mol. The van der Waals surface area contributed by atoms with E-state index in [2.05, 4.69) is 15.5 Å². The molecule has 1 aromatic carbocycles. The minimum Gasteiger partial charge on any atom is -0.485 e. The molecule has 1 aromatic heterocycles. The van der Waals surface area contributed by atoms with E-state index in [-0.39, 0.29) is 24.9 Å². The van der Waals surface area contributed by atoms with Crippen molar-refractivity contribution in [3.05, 3.63) is 36.0 Å². The topological polar surface area (TPSA) is 103 Å². The highest BCUT2D eigenvalue weighted by Gasteiger charge is 2.29. The van der Waals surface area contributed by atoms with Crippen molar-refractivity contribution in [1.29, 1.82) is 0 Å². The molecule has 1 fully saturated rings. The summed E-state index contributed by atoms with van der Waals surface area (Å²) in [5.74, 6) is 2.18. The lowest BCUT2D eigenvalue weighted by Crippen LogP contribution is -2.35. The third-order valence-corrected chi connectivity index (χ3v) is 3.84. The van der Waals surface area contributed by atoms with Crippen LogP contribution in [0.4, 0.5) is 5.69 Å². The number of benzene rings is 1. The molecule has 3 N–H and O–H groups in total. The van der Waals surface area contributed by atoms with Crippen molar-refractivity contribution in [2.75, 3.05) is 5.32 Å². The van der Waals surface area contributed by atoms with E-state index in [9.17, 15) is 4.79 Å². The SMILES string of the molecule is CCCC(N)C(=O)Nc1ccc(OCc2noc(C3CC3)n2)cc1.Cl. The maximum Gasteiger partial charge on any atom is 0.241 e. The van der Waals surface area contributed by atoms with Crippen LogP contribution in [0, 0.1) is 0 Å². The molecule has 0 bridgehead atoms. The Labute approximate surface area is 152 Å². The first-order valence-electron chi connectivity index (χ1n) is 8.27. The number of nitrogens with two attached hydrogens (primary N) is 1. The standard InChI is InChI=1S/C17H22N4O3.ClH/c1-2-3-14(18)16(22)19-12-6-8-13(9-7-12)23-10-15-20-17(24-21-15)11-4-5-11;/h6-9,11,14H,2-5,10,18H2,1H3,(H,19,22);1H. The van der Waals surface area contributed by atoms with Gasteiger partial charge in [0.2, 0.25) is 17.6 Å². The Balaban J connectivity index is 0.00000225. The molecule has 25 heavy (non-hydrogen) atoms. The number of rotatable bonds is 8. The Morgan fingerprint density at radius 1 is 1.40 bits per heavy atom. The molecular formula is C17H23ClN4O3. The van der Waals surface area contributed by atoms with Gasteiger partial charge in [-0.1, -0.05) is 18.5 Å². The van der Waals surface area contributed by atoms with Crippen LogP contribution < -0.4 is 15.8 Å². The maximum atomic E-state index is 11.9. The number of anilines is 1. The predicted octanol–water partition coefficient (Wildman–Crippen LogP) is 3.01. The van der Waals surface area contributed by atoms with Crippen LogP contribution in [0.2, 0.25) is 0 Å². The van der Waals surface area contributed by atoms with Crippen LogP contribution in [0.25, 0.3) is 0 Å². The highest BCUT2D eigenvalue weighted by molar-refractivity contribution is 5.94. The first-order chi connectivity index (χ1) is 11.7. The van der Waals surface area contributed by atoms with E-state index >= 15 is 0 Å². The molecule has 1 amide bonds. The molecule has 0 radical (unpaired) electrons. The molecule has 1 saturated carbocycles. The van der Waals surface area contributed by atoms with Crippen LogP contribution in [-0.2, 0) is 11.4 Å². The molecule has 2 aromatic rings. The predicted molar refractivity (Wildman–Crippen MR) is 95.8 cm³/mol. The summed E-state index contributed by atoms with van der Waals surface area (Å²) < 4.78 is 10.8. The third-order valence-electron chi connectivity index (χ3n) is 3.84. The molecule has 0 aliphatic heterocycles. The molecule has 7 nitrogen and oxygen atoms in total. The van der Waals surface area contributed by atoms with Crippen LogP contribution >= 0.6 is 12.4 Å². The molecule has 3 rings (SSSR count). The van der Waals surface area contributed by atoms with Crippen LogP contribution in [0.5, 0.6) is 5.75 Å². The number of aromatic nitrogens is 2. The fourth-order valence-electron chi connectivity index (χ4n) is 2.28. The highest BCUT2D eigenvalue weighted by Crippen LogP contribution is 2.38. The van der Waals surface area contributed by atoms with E-state index in [4.69, 9.17) is 15.0 Å². The van der Waals surface area contributed by atoms with Crippen molar-refractivity contribution in [1.82, 2.24) is 10.1 Å². The molecule has 8 heteroatoms. The molecule has 1 unspecified atom stereocenters. The van der Waals surface area contributed by atoms with Gasteiger partial charge in [-0.05, 0) is 43.5 Å². The zero-order valence-corrected chi connectivity index (χ0v) is 14.9. The zero-order chi connectivity index (χ0) is 16.9. The third kappa shape index (κ3) is 5.44. The van der Waals surface area contributed by atoms with Gasteiger partial charge in [-0.3, -0.25) is 4.79 Å². The summed E-state index contributed by atoms with van der Waals surface area (Å²) in [4.78, 5) is 16.2. The summed E-state index contributed by atoms with van der Waals surface area (Å²) in [5, 5.41) is 6.70. The normalized spacial score (nSPS) is 14.5. The highest BCUT2D eigenvalue weighted by atomic mass is 35.5. The van der Waals surface area contributed by atoms with Gasteiger partial charge in [0.25, 0.3) is 0 Å². The average Bonchev–Trinajstić information content (AvgIpc) is 3.33. The van der Waals surface area contributed by atoms with Crippen LogP contribution in [0.15, 0.2) is 28.8 Å². The molecule has 0 spiro atoms. The number of amides is 1. The number of hydrogen-bond donors (Lipinski definition) is 2. The largest absolute Gasteiger partial charge is 0.485 e. The molecule has 1 aliphatic carbocycles. The minimum atomic E-state index is -0.482. The van der Waals surface area contributed by atoms with Gasteiger partial charge >= 0.3 is 0 Å². The van der Waals surface area contributed by atoms with Gasteiger partial charge in [0, 0.05) is 11.6 Å². The lowest BCUT2D eigenvalue weighted by Gasteiger charge is -2.11. The van der Waals surface area contributed by atoms with Crippen LogP contribution in [-0.4, -0.2) is 22.1 Å². The van der Waals surface area contributed by atoms with E-state index in [0.29, 0.717) is 35.5 Å². The van der Waals surface area contributed by atoms with E-state index in [0.717, 1.165) is 19.3 Å². The Morgan fingerprint density at radius 2 is 2.12 bits per heavy atom. The van der Waals surface area contributed by atoms with Crippen molar-refractivity contribution >= 4 is 24.0 Å². The summed E-state index contributed by atoms with van der Waals surface area (Å²) in [7, 11) is 0. The molecular weight excluding hydrogens is 344 g/mol. The van der Waals surface area contributed by atoms with Crippen molar-refractivity contribution in [2.45, 2.75) is 51.2 Å². The Hall–Kier alpha value is -2.12. The van der Waals surface area contributed by atoms with Gasteiger partial charge in [-0.15, -0.1) is 12.4 Å². The lowest BCUT2D eigenvalue weighted by molar-refractivity contribution is -0.117. The maximum absolute atomic E-state index is 11.9. The summed E-state index contributed by atoms with van der Waals surface area (Å²) >= 11 is 0. The number of nitrogens with one attached hydrogen (secondary N) is 1. The second kappa shape index (κ2) is 8.82. The van der Waals surface area contributed by atoms with Gasteiger partial charge in [-0.2, -0.15) is 4.98 Å². The van der Waals surface area contributed by atoms with Crippen molar-refractivity contribution in [3.63, 3.8) is 0 Å². The van der Waals surface area contributed by atoms with Crippen molar-refractivity contribution in [2.24, 2.45) is 5.73 Å². The molecule has 1 heterocycles. The van der Waals surface area contributed by atoms with Gasteiger partial charge in [0.1, 0.15) is 5.75 Å². The second-order valence-electron chi connectivity index (χ2n) is 6.02. The van der Waals surface area contributed by atoms with Gasteiger partial charge < -0.3 is 20.3 Å². The number of carbonyl (C=O) groups is 1. The molecule has 1 aliphatic rings. The van der Waals surface area contributed by atoms with E-state index < -0.39 is 6.04 Å². The number of hydrogen-bond acceptors (Lipinski definition) is 6. The van der Waals surface area contributed by atoms with E-state index in [1.54, 1.807) is 24.3 Å². The van der Waals surface area contributed by atoms with Crippen molar-refractivity contribution in [3.8, 4) is 5.75 Å².